The third-order valence-corrected chi connectivity index (χ3v) is 6.41. The van der Waals surface area contributed by atoms with Gasteiger partial charge in [0.2, 0.25) is 0 Å². The van der Waals surface area contributed by atoms with Crippen LogP contribution in [0.2, 0.25) is 0 Å². The van der Waals surface area contributed by atoms with Crippen LogP contribution in [-0.2, 0) is 9.53 Å². The predicted octanol–water partition coefficient (Wildman–Crippen LogP) is 8.79. The normalized spacial score (nSPS) is 11.6. The van der Waals surface area contributed by atoms with Gasteiger partial charge in [-0.3, -0.25) is 0 Å². The number of unbranched alkanes of at least 4 members (excludes halogenated alkanes) is 8. The second kappa shape index (κ2) is 17.6. The maximum Gasteiger partial charge on any atom is 0.333 e. The van der Waals surface area contributed by atoms with Crippen LogP contribution < -0.4 is 9.47 Å². The molecule has 0 bridgehead atoms. The zero-order chi connectivity index (χ0) is 26.0. The SMILES string of the molecule is C=C(C)C(=O)OCCCCCCCCCCCOc1ccc(-c2ccc(OCC(C)CC)cc2)cc1. The molecule has 0 saturated carbocycles. The molecule has 0 radical (unpaired) electrons. The van der Waals surface area contributed by atoms with E-state index >= 15 is 0 Å². The van der Waals surface area contributed by atoms with Gasteiger partial charge in [-0.2, -0.15) is 0 Å². The van der Waals surface area contributed by atoms with E-state index in [1.165, 1.54) is 49.7 Å². The molecule has 2 rings (SSSR count). The van der Waals surface area contributed by atoms with Crippen molar-refractivity contribution in [1.29, 1.82) is 0 Å². The third kappa shape index (κ3) is 12.3. The quantitative estimate of drug-likeness (QED) is 0.111. The van der Waals surface area contributed by atoms with E-state index in [1.54, 1.807) is 6.92 Å². The van der Waals surface area contributed by atoms with E-state index in [0.717, 1.165) is 50.4 Å². The standard InChI is InChI=1S/C32H46O4/c1-5-27(4)25-36-31-21-17-29(18-22-31)28-15-19-30(20-16-28)34-23-13-11-9-7-6-8-10-12-14-24-35-32(33)26(2)3/h15-22,27H,2,5-14,23-25H2,1,3-4H3. The minimum atomic E-state index is -0.277. The molecule has 2 aromatic carbocycles. The van der Waals surface area contributed by atoms with Gasteiger partial charge in [-0.25, -0.2) is 4.79 Å². The molecule has 0 fully saturated rings. The summed E-state index contributed by atoms with van der Waals surface area (Å²) in [5, 5.41) is 0. The van der Waals surface area contributed by atoms with E-state index in [-0.39, 0.29) is 5.97 Å². The van der Waals surface area contributed by atoms with Crippen LogP contribution in [0.25, 0.3) is 11.1 Å². The van der Waals surface area contributed by atoms with Crippen molar-refractivity contribution in [3.63, 3.8) is 0 Å². The maximum atomic E-state index is 11.3. The minimum Gasteiger partial charge on any atom is -0.494 e. The summed E-state index contributed by atoms with van der Waals surface area (Å²) in [6, 6.07) is 16.7. The average molecular weight is 495 g/mol. The number of hydrogen-bond donors (Lipinski definition) is 0. The number of carbonyl (C=O) groups excluding carboxylic acids is 1. The Morgan fingerprint density at radius 1 is 0.722 bits per heavy atom. The molecule has 0 aliphatic rings. The fraction of sp³-hybridized carbons (Fsp3) is 0.531. The van der Waals surface area contributed by atoms with Crippen LogP contribution in [0.3, 0.4) is 0 Å². The van der Waals surface area contributed by atoms with E-state index in [2.05, 4.69) is 56.8 Å². The van der Waals surface area contributed by atoms with E-state index in [4.69, 9.17) is 14.2 Å². The van der Waals surface area contributed by atoms with Crippen LogP contribution >= 0.6 is 0 Å². The number of esters is 1. The van der Waals surface area contributed by atoms with Crippen LogP contribution in [0.15, 0.2) is 60.7 Å². The molecule has 0 spiro atoms. The fourth-order valence-electron chi connectivity index (χ4n) is 3.76. The molecule has 1 unspecified atom stereocenters. The summed E-state index contributed by atoms with van der Waals surface area (Å²) in [6.07, 6.45) is 11.8. The molecule has 4 nitrogen and oxygen atoms in total. The van der Waals surface area contributed by atoms with Crippen molar-refractivity contribution >= 4 is 5.97 Å². The van der Waals surface area contributed by atoms with Gasteiger partial charge in [0.15, 0.2) is 0 Å². The van der Waals surface area contributed by atoms with Crippen molar-refractivity contribution in [1.82, 2.24) is 0 Å². The van der Waals surface area contributed by atoms with Gasteiger partial charge in [-0.1, -0.05) is 96.1 Å². The van der Waals surface area contributed by atoms with Crippen LogP contribution in [0.5, 0.6) is 11.5 Å². The predicted molar refractivity (Wildman–Crippen MR) is 150 cm³/mol. The Balaban J connectivity index is 1.49. The molecular weight excluding hydrogens is 448 g/mol. The average Bonchev–Trinajstić information content (AvgIpc) is 2.90. The Morgan fingerprint density at radius 3 is 1.64 bits per heavy atom. The Labute approximate surface area is 219 Å². The number of benzene rings is 2. The summed E-state index contributed by atoms with van der Waals surface area (Å²) in [4.78, 5) is 11.3. The molecule has 0 aromatic heterocycles. The van der Waals surface area contributed by atoms with Gasteiger partial charge >= 0.3 is 5.97 Å². The van der Waals surface area contributed by atoms with E-state index < -0.39 is 0 Å². The first-order chi connectivity index (χ1) is 17.5. The molecule has 4 heteroatoms. The summed E-state index contributed by atoms with van der Waals surface area (Å²) in [7, 11) is 0. The van der Waals surface area contributed by atoms with Crippen molar-refractivity contribution < 1.29 is 19.0 Å². The number of rotatable bonds is 19. The van der Waals surface area contributed by atoms with Crippen LogP contribution in [-0.4, -0.2) is 25.8 Å². The Morgan fingerprint density at radius 2 is 1.17 bits per heavy atom. The molecule has 0 N–H and O–H groups in total. The molecule has 198 valence electrons. The van der Waals surface area contributed by atoms with Gasteiger partial charge in [0.25, 0.3) is 0 Å². The highest BCUT2D eigenvalue weighted by Gasteiger charge is 2.04. The number of ether oxygens (including phenoxy) is 3. The molecular formula is C32H46O4. The Hall–Kier alpha value is -2.75. The van der Waals surface area contributed by atoms with Gasteiger partial charge < -0.3 is 14.2 Å². The lowest BCUT2D eigenvalue weighted by atomic mass is 10.1. The fourth-order valence-corrected chi connectivity index (χ4v) is 3.76. The number of carbonyl (C=O) groups is 1. The van der Waals surface area contributed by atoms with Gasteiger partial charge in [-0.15, -0.1) is 0 Å². The lowest BCUT2D eigenvalue weighted by molar-refractivity contribution is -0.139. The second-order valence-corrected chi connectivity index (χ2v) is 9.82. The Kier molecular flexibility index (Phi) is 14.4. The van der Waals surface area contributed by atoms with E-state index in [9.17, 15) is 4.79 Å². The summed E-state index contributed by atoms with van der Waals surface area (Å²) in [5.41, 5.74) is 2.84. The van der Waals surface area contributed by atoms with E-state index in [0.29, 0.717) is 18.1 Å². The lowest BCUT2D eigenvalue weighted by Crippen LogP contribution is -2.06. The molecule has 2 aromatic rings. The minimum absolute atomic E-state index is 0.277. The summed E-state index contributed by atoms with van der Waals surface area (Å²) >= 11 is 0. The van der Waals surface area contributed by atoms with Crippen molar-refractivity contribution in [3.05, 3.63) is 60.7 Å². The third-order valence-electron chi connectivity index (χ3n) is 6.41. The smallest absolute Gasteiger partial charge is 0.333 e. The highest BCUT2D eigenvalue weighted by atomic mass is 16.5. The molecule has 1 atom stereocenters. The summed E-state index contributed by atoms with van der Waals surface area (Å²) in [5.74, 6) is 2.16. The molecule has 0 aliphatic carbocycles. The zero-order valence-electron chi connectivity index (χ0n) is 22.7. The van der Waals surface area contributed by atoms with Gasteiger partial charge in [-0.05, 0) is 61.1 Å². The molecule has 0 amide bonds. The maximum absolute atomic E-state index is 11.3. The highest BCUT2D eigenvalue weighted by molar-refractivity contribution is 5.86. The first kappa shape index (κ1) is 29.5. The largest absolute Gasteiger partial charge is 0.494 e. The van der Waals surface area contributed by atoms with Crippen LogP contribution in [0, 0.1) is 5.92 Å². The van der Waals surface area contributed by atoms with Crippen molar-refractivity contribution in [2.45, 2.75) is 85.0 Å². The first-order valence-electron chi connectivity index (χ1n) is 13.8. The molecule has 0 heterocycles. The van der Waals surface area contributed by atoms with Crippen LogP contribution in [0.4, 0.5) is 0 Å². The summed E-state index contributed by atoms with van der Waals surface area (Å²) < 4.78 is 16.9. The van der Waals surface area contributed by atoms with E-state index in [1.807, 2.05) is 12.1 Å². The molecule has 0 saturated heterocycles. The van der Waals surface area contributed by atoms with Gasteiger partial charge in [0, 0.05) is 5.57 Å². The zero-order valence-corrected chi connectivity index (χ0v) is 22.7. The lowest BCUT2D eigenvalue weighted by Gasteiger charge is -2.11. The van der Waals surface area contributed by atoms with Crippen molar-refractivity contribution in [2.75, 3.05) is 19.8 Å². The van der Waals surface area contributed by atoms with Gasteiger partial charge in [0.05, 0.1) is 19.8 Å². The van der Waals surface area contributed by atoms with Gasteiger partial charge in [0.1, 0.15) is 11.5 Å². The molecule has 36 heavy (non-hydrogen) atoms. The topological polar surface area (TPSA) is 44.8 Å². The van der Waals surface area contributed by atoms with Crippen molar-refractivity contribution in [3.8, 4) is 22.6 Å². The van der Waals surface area contributed by atoms with Crippen molar-refractivity contribution in [2.24, 2.45) is 5.92 Å². The highest BCUT2D eigenvalue weighted by Crippen LogP contribution is 2.25. The second-order valence-electron chi connectivity index (χ2n) is 9.82. The monoisotopic (exact) mass is 494 g/mol. The first-order valence-corrected chi connectivity index (χ1v) is 13.8. The molecule has 0 aliphatic heterocycles. The number of hydrogen-bond acceptors (Lipinski definition) is 4. The van der Waals surface area contributed by atoms with Crippen LogP contribution in [0.1, 0.15) is 85.0 Å². The summed E-state index contributed by atoms with van der Waals surface area (Å²) in [6.45, 7) is 11.7. The Bertz CT molecular complexity index is 870.